The molecular weight excluding hydrogens is 599 g/mol. The Morgan fingerprint density at radius 2 is 2.05 bits per heavy atom. The number of para-hydroxylation sites is 1. The minimum atomic E-state index is -4.37. The van der Waals surface area contributed by atoms with E-state index in [0.29, 0.717) is 12.8 Å². The monoisotopic (exact) mass is 633 g/mol. The van der Waals surface area contributed by atoms with E-state index < -0.39 is 47.5 Å². The van der Waals surface area contributed by atoms with E-state index >= 15 is 0 Å². The molecule has 4 fully saturated rings. The zero-order valence-electron chi connectivity index (χ0n) is 23.9. The first kappa shape index (κ1) is 29.6. The van der Waals surface area contributed by atoms with Gasteiger partial charge in [-0.05, 0) is 61.8 Å². The standard InChI is InChI=1S/C32H34F3NO5S2/c1-29-11-9-18(37)13-17(29)7-8-19-20-14-25-32(30(20,2)15-22(38)27(19)29,41-26(40-25)10-12-31(33,34)35)24(39)16-42-28-36-21-5-3-4-6-23(21)43-28/h3-6,9,11,13,19-20,22,25-27,38H,7-8,10,12,14-16H2,1-2H3/t19?,20?,22?,25-,26?,27?,29?,30?,32-/m1/s1. The van der Waals surface area contributed by atoms with Crippen molar-refractivity contribution in [1.82, 2.24) is 4.98 Å². The highest BCUT2D eigenvalue weighted by Crippen LogP contribution is 2.70. The van der Waals surface area contributed by atoms with E-state index in [9.17, 15) is 27.9 Å². The Bertz CT molecular complexity index is 1510. The van der Waals surface area contributed by atoms with Gasteiger partial charge < -0.3 is 14.6 Å². The van der Waals surface area contributed by atoms with Crippen molar-refractivity contribution in [2.45, 2.75) is 87.0 Å². The molecular formula is C32H34F3NO5S2. The van der Waals surface area contributed by atoms with E-state index in [2.05, 4.69) is 11.9 Å². The molecule has 6 nitrogen and oxygen atoms in total. The molecule has 11 heteroatoms. The topological polar surface area (TPSA) is 85.7 Å². The molecule has 0 amide bonds. The number of thiazole rings is 1. The summed E-state index contributed by atoms with van der Waals surface area (Å²) in [7, 11) is 0. The molecule has 2 heterocycles. The highest BCUT2D eigenvalue weighted by Gasteiger charge is 2.75. The normalized spacial score (nSPS) is 40.1. The minimum Gasteiger partial charge on any atom is -0.393 e. The van der Waals surface area contributed by atoms with Gasteiger partial charge in [-0.2, -0.15) is 13.2 Å². The van der Waals surface area contributed by atoms with Gasteiger partial charge in [-0.25, -0.2) is 4.98 Å². The average Bonchev–Trinajstić information content (AvgIpc) is 3.60. The minimum absolute atomic E-state index is 0.0294. The van der Waals surface area contributed by atoms with Gasteiger partial charge in [-0.1, -0.05) is 49.4 Å². The summed E-state index contributed by atoms with van der Waals surface area (Å²) in [6.07, 6.45) is -1.08. The summed E-state index contributed by atoms with van der Waals surface area (Å²) in [6.45, 7) is 4.05. The number of rotatable bonds is 6. The van der Waals surface area contributed by atoms with Crippen molar-refractivity contribution in [3.8, 4) is 0 Å². The molecule has 2 aromatic rings. The number of aromatic nitrogens is 1. The maximum absolute atomic E-state index is 14.4. The van der Waals surface area contributed by atoms with E-state index in [1.807, 2.05) is 37.3 Å². The van der Waals surface area contributed by atoms with Crippen LogP contribution < -0.4 is 0 Å². The number of allylic oxidation sites excluding steroid dienone is 4. The molecule has 43 heavy (non-hydrogen) atoms. The number of aliphatic hydroxyl groups is 1. The number of ketones is 2. The highest BCUT2D eigenvalue weighted by molar-refractivity contribution is 8.01. The summed E-state index contributed by atoms with van der Waals surface area (Å²) >= 11 is 2.80. The first-order chi connectivity index (χ1) is 20.3. The number of thioether (sulfide) groups is 1. The molecule has 0 bridgehead atoms. The molecule has 7 rings (SSSR count). The van der Waals surface area contributed by atoms with Gasteiger partial charge in [-0.15, -0.1) is 11.3 Å². The van der Waals surface area contributed by atoms with E-state index in [4.69, 9.17) is 9.47 Å². The van der Waals surface area contributed by atoms with Gasteiger partial charge in [0.15, 0.2) is 27.8 Å². The number of hydrogen-bond acceptors (Lipinski definition) is 8. The molecule has 1 N–H and O–H groups in total. The van der Waals surface area contributed by atoms with E-state index in [1.165, 1.54) is 23.1 Å². The second kappa shape index (κ2) is 10.2. The molecule has 9 atom stereocenters. The van der Waals surface area contributed by atoms with Crippen LogP contribution in [0.15, 0.2) is 52.4 Å². The predicted octanol–water partition coefficient (Wildman–Crippen LogP) is 6.67. The summed E-state index contributed by atoms with van der Waals surface area (Å²) < 4.78 is 53.9. The lowest BCUT2D eigenvalue weighted by atomic mass is 9.46. The van der Waals surface area contributed by atoms with Gasteiger partial charge in [0, 0.05) is 29.6 Å². The van der Waals surface area contributed by atoms with Crippen LogP contribution in [-0.2, 0) is 19.1 Å². The number of aliphatic hydroxyl groups excluding tert-OH is 1. The number of halogens is 3. The Morgan fingerprint density at radius 3 is 2.81 bits per heavy atom. The zero-order chi connectivity index (χ0) is 30.4. The van der Waals surface area contributed by atoms with Gasteiger partial charge >= 0.3 is 6.18 Å². The largest absolute Gasteiger partial charge is 0.393 e. The number of carbonyl (C=O) groups is 2. The van der Waals surface area contributed by atoms with Crippen LogP contribution in [0, 0.1) is 28.6 Å². The number of fused-ring (bicyclic) bond motifs is 8. The Hall–Kier alpha value is -2.05. The van der Waals surface area contributed by atoms with Crippen molar-refractivity contribution in [3.63, 3.8) is 0 Å². The Kier molecular flexibility index (Phi) is 7.06. The van der Waals surface area contributed by atoms with Gasteiger partial charge in [-0.3, -0.25) is 9.59 Å². The molecule has 3 saturated carbocycles. The Morgan fingerprint density at radius 1 is 1.26 bits per heavy atom. The fraction of sp³-hybridized carbons (Fsp3) is 0.594. The zero-order valence-corrected chi connectivity index (χ0v) is 25.6. The maximum Gasteiger partial charge on any atom is 0.389 e. The molecule has 0 radical (unpaired) electrons. The van der Waals surface area contributed by atoms with Crippen LogP contribution in [0.25, 0.3) is 10.2 Å². The quantitative estimate of drug-likeness (QED) is 0.356. The van der Waals surface area contributed by atoms with Gasteiger partial charge in [0.2, 0.25) is 0 Å². The molecule has 5 aliphatic rings. The number of ether oxygens (including phenoxy) is 2. The SMILES string of the molecule is CC12C=CC(=O)C=C1CCC1C2C(O)CC2(C)C1C[C@H]1OC(CCC(F)(F)F)O[C@]12C(=O)CSc1nc2ccccc2s1. The van der Waals surface area contributed by atoms with Crippen molar-refractivity contribution in [1.29, 1.82) is 0 Å². The molecule has 230 valence electrons. The fourth-order valence-corrected chi connectivity index (χ4v) is 11.2. The first-order valence-electron chi connectivity index (χ1n) is 14.9. The molecule has 1 aromatic carbocycles. The van der Waals surface area contributed by atoms with Crippen LogP contribution >= 0.6 is 23.1 Å². The van der Waals surface area contributed by atoms with Crippen molar-refractivity contribution in [3.05, 3.63) is 48.1 Å². The molecule has 7 unspecified atom stereocenters. The van der Waals surface area contributed by atoms with Gasteiger partial charge in [0.1, 0.15) is 0 Å². The second-order valence-electron chi connectivity index (χ2n) is 13.2. The molecule has 1 aliphatic heterocycles. The summed E-state index contributed by atoms with van der Waals surface area (Å²) in [5.74, 6) is -0.403. The lowest BCUT2D eigenvalue weighted by Crippen LogP contribution is -2.63. The summed E-state index contributed by atoms with van der Waals surface area (Å²) in [5.41, 5.74) is -0.925. The fourth-order valence-electron chi connectivity index (χ4n) is 9.20. The number of carbonyl (C=O) groups excluding carboxylic acids is 2. The highest BCUT2D eigenvalue weighted by atomic mass is 32.2. The Labute approximate surface area is 256 Å². The third-order valence-electron chi connectivity index (χ3n) is 11.0. The van der Waals surface area contributed by atoms with Crippen LogP contribution in [0.2, 0.25) is 0 Å². The molecule has 1 aromatic heterocycles. The van der Waals surface area contributed by atoms with Crippen LogP contribution in [-0.4, -0.2) is 57.7 Å². The number of Topliss-reactive ketones (excluding diaryl/α,β-unsaturated/α-hetero) is 1. The van der Waals surface area contributed by atoms with Crippen LogP contribution in [0.3, 0.4) is 0 Å². The first-order valence-corrected chi connectivity index (χ1v) is 16.7. The smallest absolute Gasteiger partial charge is 0.389 e. The summed E-state index contributed by atoms with van der Waals surface area (Å²) in [5, 5.41) is 11.9. The van der Waals surface area contributed by atoms with Crippen LogP contribution in [0.5, 0.6) is 0 Å². The molecule has 1 saturated heterocycles. The van der Waals surface area contributed by atoms with Crippen LogP contribution in [0.4, 0.5) is 13.2 Å². The van der Waals surface area contributed by atoms with Gasteiger partial charge in [0.25, 0.3) is 0 Å². The van der Waals surface area contributed by atoms with Crippen molar-refractivity contribution in [2.75, 3.05) is 5.75 Å². The summed E-state index contributed by atoms with van der Waals surface area (Å²) in [4.78, 5) is 31.2. The molecule has 4 aliphatic carbocycles. The van der Waals surface area contributed by atoms with Crippen molar-refractivity contribution < 1.29 is 37.3 Å². The van der Waals surface area contributed by atoms with E-state index in [-0.39, 0.29) is 47.9 Å². The average molecular weight is 634 g/mol. The third kappa shape index (κ3) is 4.59. The molecule has 0 spiro atoms. The second-order valence-corrected chi connectivity index (χ2v) is 15.4. The maximum atomic E-state index is 14.4. The van der Waals surface area contributed by atoms with Crippen molar-refractivity contribution in [2.24, 2.45) is 28.6 Å². The lowest BCUT2D eigenvalue weighted by molar-refractivity contribution is -0.204. The Balaban J connectivity index is 1.21. The number of alkyl halides is 3. The van der Waals surface area contributed by atoms with E-state index in [0.717, 1.165) is 26.6 Å². The number of nitrogens with zero attached hydrogens (tertiary/aromatic N) is 1. The number of benzene rings is 1. The predicted molar refractivity (Wildman–Crippen MR) is 157 cm³/mol. The van der Waals surface area contributed by atoms with E-state index in [1.54, 1.807) is 12.2 Å². The summed E-state index contributed by atoms with van der Waals surface area (Å²) in [6, 6.07) is 7.72. The van der Waals surface area contributed by atoms with Gasteiger partial charge in [0.05, 0.1) is 28.2 Å². The number of hydrogen-bond donors (Lipinski definition) is 1. The van der Waals surface area contributed by atoms with Crippen LogP contribution in [0.1, 0.15) is 52.4 Å². The van der Waals surface area contributed by atoms with Crippen molar-refractivity contribution >= 4 is 44.9 Å². The third-order valence-corrected chi connectivity index (χ3v) is 13.1. The lowest BCUT2D eigenvalue weighted by Gasteiger charge is -2.59.